The highest BCUT2D eigenvalue weighted by molar-refractivity contribution is 6.03. The van der Waals surface area contributed by atoms with Gasteiger partial charge in [0.25, 0.3) is 11.6 Å². The van der Waals surface area contributed by atoms with Crippen LogP contribution in [0.25, 0.3) is 0 Å². The van der Waals surface area contributed by atoms with Crippen LogP contribution in [0.4, 0.5) is 13.2 Å². The van der Waals surface area contributed by atoms with Gasteiger partial charge in [-0.05, 0) is 42.7 Å². The summed E-state index contributed by atoms with van der Waals surface area (Å²) in [6, 6.07) is 13.3. The first-order valence-corrected chi connectivity index (χ1v) is 8.56. The van der Waals surface area contributed by atoms with Gasteiger partial charge < -0.3 is 9.84 Å². The molecule has 0 spiro atoms. The van der Waals surface area contributed by atoms with Crippen molar-refractivity contribution in [2.45, 2.75) is 32.2 Å². The van der Waals surface area contributed by atoms with Gasteiger partial charge in [0.2, 0.25) is 0 Å². The molecule has 28 heavy (non-hydrogen) atoms. The lowest BCUT2D eigenvalue weighted by Gasteiger charge is -2.32. The molecule has 1 amide bonds. The van der Waals surface area contributed by atoms with Crippen LogP contribution in [0.15, 0.2) is 53.6 Å². The standard InChI is InChI=1S/C20H19F3N2O3/c1-13-8-14(2)10-16(9-13)28-12-18(26)25-19(27,20(21,22)23)11-17(24-25)15-6-4-3-5-7-15/h3-10,27H,11-12H2,1-2H3/t19-/m1/s1. The van der Waals surface area contributed by atoms with E-state index in [0.29, 0.717) is 11.3 Å². The van der Waals surface area contributed by atoms with Crippen molar-refractivity contribution >= 4 is 11.6 Å². The van der Waals surface area contributed by atoms with Gasteiger partial charge >= 0.3 is 6.18 Å². The molecule has 148 valence electrons. The number of ether oxygens (including phenoxy) is 1. The first kappa shape index (κ1) is 19.9. The van der Waals surface area contributed by atoms with Gasteiger partial charge in [-0.1, -0.05) is 36.4 Å². The average molecular weight is 392 g/mol. The molecule has 0 aliphatic carbocycles. The van der Waals surface area contributed by atoms with E-state index in [1.807, 2.05) is 19.9 Å². The van der Waals surface area contributed by atoms with Crippen molar-refractivity contribution in [1.82, 2.24) is 5.01 Å². The summed E-state index contributed by atoms with van der Waals surface area (Å²) < 4.78 is 46.0. The number of rotatable bonds is 4. The smallest absolute Gasteiger partial charge is 0.438 e. The monoisotopic (exact) mass is 392 g/mol. The summed E-state index contributed by atoms with van der Waals surface area (Å²) in [5.41, 5.74) is -1.27. The molecule has 1 N–H and O–H groups in total. The summed E-state index contributed by atoms with van der Waals surface area (Å²) in [7, 11) is 0. The summed E-state index contributed by atoms with van der Waals surface area (Å²) in [5, 5.41) is 14.1. The van der Waals surface area contributed by atoms with Crippen LogP contribution in [0, 0.1) is 13.8 Å². The Morgan fingerprint density at radius 2 is 1.79 bits per heavy atom. The Morgan fingerprint density at radius 3 is 2.36 bits per heavy atom. The Balaban J connectivity index is 1.85. The minimum Gasteiger partial charge on any atom is -0.484 e. The number of hydrogen-bond acceptors (Lipinski definition) is 4. The second kappa shape index (κ2) is 7.27. The summed E-state index contributed by atoms with van der Waals surface area (Å²) >= 11 is 0. The minimum atomic E-state index is -5.08. The normalized spacial score (nSPS) is 19.5. The molecule has 2 aromatic rings. The van der Waals surface area contributed by atoms with Crippen LogP contribution in [0.2, 0.25) is 0 Å². The van der Waals surface area contributed by atoms with Crippen LogP contribution >= 0.6 is 0 Å². The van der Waals surface area contributed by atoms with Crippen LogP contribution < -0.4 is 4.74 Å². The lowest BCUT2D eigenvalue weighted by atomic mass is 10.0. The van der Waals surface area contributed by atoms with Crippen LogP contribution in [-0.4, -0.2) is 40.2 Å². The largest absolute Gasteiger partial charge is 0.484 e. The van der Waals surface area contributed by atoms with Gasteiger partial charge in [0.05, 0.1) is 12.1 Å². The molecule has 1 aliphatic heterocycles. The topological polar surface area (TPSA) is 62.1 Å². The molecule has 1 aliphatic rings. The molecule has 0 fully saturated rings. The first-order chi connectivity index (χ1) is 13.1. The van der Waals surface area contributed by atoms with Crippen molar-refractivity contribution in [3.8, 4) is 5.75 Å². The SMILES string of the molecule is Cc1cc(C)cc(OCC(=O)N2N=C(c3ccccc3)C[C@@]2(O)C(F)(F)F)c1. The highest BCUT2D eigenvalue weighted by atomic mass is 19.4. The van der Waals surface area contributed by atoms with Gasteiger partial charge in [-0.15, -0.1) is 0 Å². The highest BCUT2D eigenvalue weighted by Gasteiger charge is 2.63. The van der Waals surface area contributed by atoms with E-state index in [9.17, 15) is 23.1 Å². The van der Waals surface area contributed by atoms with Crippen LogP contribution in [-0.2, 0) is 4.79 Å². The molecule has 1 heterocycles. The van der Waals surface area contributed by atoms with Crippen LogP contribution in [0.1, 0.15) is 23.1 Å². The summed E-state index contributed by atoms with van der Waals surface area (Å²) in [5.74, 6) is -0.738. The number of amides is 1. The van der Waals surface area contributed by atoms with Crippen molar-refractivity contribution in [3.05, 3.63) is 65.2 Å². The number of aryl methyl sites for hydroxylation is 2. The van der Waals surface area contributed by atoms with Gasteiger partial charge in [-0.3, -0.25) is 4.79 Å². The van der Waals surface area contributed by atoms with Crippen LogP contribution in [0.3, 0.4) is 0 Å². The number of hydrogen-bond donors (Lipinski definition) is 1. The fourth-order valence-electron chi connectivity index (χ4n) is 3.04. The van der Waals surface area contributed by atoms with E-state index < -0.39 is 30.8 Å². The van der Waals surface area contributed by atoms with E-state index in [0.717, 1.165) is 11.1 Å². The van der Waals surface area contributed by atoms with E-state index >= 15 is 0 Å². The second-order valence-electron chi connectivity index (χ2n) is 6.72. The first-order valence-electron chi connectivity index (χ1n) is 8.56. The summed E-state index contributed by atoms with van der Waals surface area (Å²) in [6.45, 7) is 2.98. The van der Waals surface area contributed by atoms with Crippen molar-refractivity contribution in [3.63, 3.8) is 0 Å². The third-order valence-electron chi connectivity index (χ3n) is 4.34. The number of hydrazone groups is 1. The molecule has 0 radical (unpaired) electrons. The van der Waals surface area contributed by atoms with E-state index in [-0.39, 0.29) is 10.7 Å². The van der Waals surface area contributed by atoms with Crippen molar-refractivity contribution < 1.29 is 27.8 Å². The number of nitrogens with zero attached hydrogens (tertiary/aromatic N) is 2. The molecule has 8 heteroatoms. The molecular weight excluding hydrogens is 373 g/mol. The fourth-order valence-corrected chi connectivity index (χ4v) is 3.04. The number of carbonyl (C=O) groups is 1. The molecule has 0 unspecified atom stereocenters. The molecule has 5 nitrogen and oxygen atoms in total. The summed E-state index contributed by atoms with van der Waals surface area (Å²) in [4.78, 5) is 12.5. The Hall–Kier alpha value is -2.87. The Kier molecular flexibility index (Phi) is 5.16. The molecule has 2 aromatic carbocycles. The minimum absolute atomic E-state index is 0.0276. The van der Waals surface area contributed by atoms with Gasteiger partial charge in [-0.2, -0.15) is 23.3 Å². The van der Waals surface area contributed by atoms with E-state index in [4.69, 9.17) is 4.74 Å². The van der Waals surface area contributed by atoms with Gasteiger partial charge in [0.1, 0.15) is 5.75 Å². The molecular formula is C20H19F3N2O3. The zero-order valence-electron chi connectivity index (χ0n) is 15.3. The third kappa shape index (κ3) is 3.87. The molecule has 0 saturated heterocycles. The molecule has 3 rings (SSSR count). The average Bonchev–Trinajstić information content (AvgIpc) is 2.99. The molecule has 1 atom stereocenters. The maximum atomic E-state index is 13.6. The second-order valence-corrected chi connectivity index (χ2v) is 6.72. The van der Waals surface area contributed by atoms with Gasteiger partial charge in [0.15, 0.2) is 6.61 Å². The number of alkyl halides is 3. The van der Waals surface area contributed by atoms with Gasteiger partial charge in [0, 0.05) is 0 Å². The van der Waals surface area contributed by atoms with E-state index in [2.05, 4.69) is 5.10 Å². The maximum absolute atomic E-state index is 13.6. The van der Waals surface area contributed by atoms with Crippen molar-refractivity contribution in [2.75, 3.05) is 6.61 Å². The van der Waals surface area contributed by atoms with Crippen LogP contribution in [0.5, 0.6) is 5.75 Å². The number of carbonyl (C=O) groups excluding carboxylic acids is 1. The van der Waals surface area contributed by atoms with Crippen molar-refractivity contribution in [2.24, 2.45) is 5.10 Å². The lowest BCUT2D eigenvalue weighted by Crippen LogP contribution is -2.57. The predicted octanol–water partition coefficient (Wildman–Crippen LogP) is 3.57. The number of aliphatic hydroxyl groups is 1. The fraction of sp³-hybridized carbons (Fsp3) is 0.300. The Labute approximate surface area is 160 Å². The highest BCUT2D eigenvalue weighted by Crippen LogP contribution is 2.41. The van der Waals surface area contributed by atoms with E-state index in [1.165, 1.54) is 0 Å². The molecule has 0 aromatic heterocycles. The quantitative estimate of drug-likeness (QED) is 0.865. The lowest BCUT2D eigenvalue weighted by molar-refractivity contribution is -0.302. The van der Waals surface area contributed by atoms with Crippen molar-refractivity contribution in [1.29, 1.82) is 0 Å². The Bertz CT molecular complexity index is 892. The number of benzene rings is 2. The maximum Gasteiger partial charge on any atom is 0.438 e. The Morgan fingerprint density at radius 1 is 1.18 bits per heavy atom. The molecule has 0 bridgehead atoms. The van der Waals surface area contributed by atoms with E-state index in [1.54, 1.807) is 42.5 Å². The molecule has 0 saturated carbocycles. The van der Waals surface area contributed by atoms with Gasteiger partial charge in [-0.25, -0.2) is 0 Å². The third-order valence-corrected chi connectivity index (χ3v) is 4.34. The zero-order valence-corrected chi connectivity index (χ0v) is 15.3. The number of halogens is 3. The zero-order chi connectivity index (χ0) is 20.5. The summed E-state index contributed by atoms with van der Waals surface area (Å²) in [6.07, 6.45) is -5.93. The predicted molar refractivity (Wildman–Crippen MR) is 96.9 cm³/mol.